The zero-order valence-corrected chi connectivity index (χ0v) is 12.6. The van der Waals surface area contributed by atoms with Gasteiger partial charge in [-0.2, -0.15) is 4.98 Å². The number of nitrogens with one attached hydrogen (secondary N) is 1. The van der Waals surface area contributed by atoms with Gasteiger partial charge in [-0.15, -0.1) is 10.2 Å². The van der Waals surface area contributed by atoms with Gasteiger partial charge in [0.1, 0.15) is 10.8 Å². The number of hydrogen-bond acceptors (Lipinski definition) is 9. The van der Waals surface area contributed by atoms with Gasteiger partial charge in [0.25, 0.3) is 5.71 Å². The van der Waals surface area contributed by atoms with Gasteiger partial charge < -0.3 is 15.5 Å². The molecule has 0 bridgehead atoms. The molecule has 0 saturated heterocycles. The maximum Gasteiger partial charge on any atom is 0.252 e. The predicted molar refractivity (Wildman–Crippen MR) is 80.2 cm³/mol. The number of oxazole rings is 1. The fourth-order valence-corrected chi connectivity index (χ4v) is 2.62. The van der Waals surface area contributed by atoms with E-state index in [0.29, 0.717) is 33.9 Å². The maximum atomic E-state index is 5.55. The molecule has 0 radical (unpaired) electrons. The summed E-state index contributed by atoms with van der Waals surface area (Å²) in [5, 5.41) is 12.5. The minimum absolute atomic E-state index is 0.504. The third-order valence-corrected chi connectivity index (χ3v) is 3.63. The minimum atomic E-state index is 0.504. The standard InChI is InChI=1S/C12H15N7OS/c1-6-15-10(9-11(16-6)20-7(2)17-9)14-5-3-4-8-18-19-12(13)21-8/h3-5H2,1-2H3,(H2,13,19)(H,14,15,16). The summed E-state index contributed by atoms with van der Waals surface area (Å²) >= 11 is 1.42. The van der Waals surface area contributed by atoms with Crippen molar-refractivity contribution in [1.29, 1.82) is 0 Å². The second-order valence-corrected chi connectivity index (χ2v) is 5.66. The second-order valence-electron chi connectivity index (χ2n) is 4.57. The number of aryl methyl sites for hydroxylation is 3. The summed E-state index contributed by atoms with van der Waals surface area (Å²) < 4.78 is 5.44. The molecule has 0 fully saturated rings. The van der Waals surface area contributed by atoms with Crippen LogP contribution >= 0.6 is 11.3 Å². The Balaban J connectivity index is 1.65. The fraction of sp³-hybridized carbons (Fsp3) is 0.417. The molecule has 0 aromatic carbocycles. The van der Waals surface area contributed by atoms with Gasteiger partial charge in [0.2, 0.25) is 5.13 Å². The first kappa shape index (κ1) is 13.7. The van der Waals surface area contributed by atoms with Crippen molar-refractivity contribution in [2.24, 2.45) is 0 Å². The Kier molecular flexibility index (Phi) is 3.65. The molecule has 3 aromatic rings. The molecule has 3 rings (SSSR count). The molecule has 3 N–H and O–H groups in total. The molecule has 0 aliphatic carbocycles. The molecule has 9 heteroatoms. The Morgan fingerprint density at radius 3 is 2.81 bits per heavy atom. The lowest BCUT2D eigenvalue weighted by molar-refractivity contribution is 0.550. The Morgan fingerprint density at radius 2 is 2.05 bits per heavy atom. The van der Waals surface area contributed by atoms with E-state index in [0.717, 1.165) is 24.4 Å². The van der Waals surface area contributed by atoms with Crippen LogP contribution in [0, 0.1) is 13.8 Å². The van der Waals surface area contributed by atoms with Crippen molar-refractivity contribution < 1.29 is 4.42 Å². The molecule has 110 valence electrons. The van der Waals surface area contributed by atoms with Crippen LogP contribution in [0.5, 0.6) is 0 Å². The molecule has 21 heavy (non-hydrogen) atoms. The van der Waals surface area contributed by atoms with Gasteiger partial charge in [-0.25, -0.2) is 9.97 Å². The van der Waals surface area contributed by atoms with E-state index >= 15 is 0 Å². The van der Waals surface area contributed by atoms with E-state index in [1.807, 2.05) is 6.92 Å². The maximum absolute atomic E-state index is 5.55. The topological polar surface area (TPSA) is 116 Å². The van der Waals surface area contributed by atoms with Crippen molar-refractivity contribution in [3.05, 3.63) is 16.7 Å². The number of hydrogen-bond donors (Lipinski definition) is 2. The van der Waals surface area contributed by atoms with Crippen molar-refractivity contribution in [2.75, 3.05) is 17.6 Å². The van der Waals surface area contributed by atoms with E-state index < -0.39 is 0 Å². The number of aromatic nitrogens is 5. The van der Waals surface area contributed by atoms with Gasteiger partial charge in [0.05, 0.1) is 0 Å². The molecule has 8 nitrogen and oxygen atoms in total. The SMILES string of the molecule is Cc1nc(NCCCc2nnc(N)s2)c2nc(C)oc2n1. The third-order valence-electron chi connectivity index (χ3n) is 2.82. The van der Waals surface area contributed by atoms with Gasteiger partial charge in [0.15, 0.2) is 17.2 Å². The quantitative estimate of drug-likeness (QED) is 0.684. The molecule has 0 spiro atoms. The normalized spacial score (nSPS) is 11.1. The molecule has 0 atom stereocenters. The van der Waals surface area contributed by atoms with Crippen LogP contribution in [0.3, 0.4) is 0 Å². The largest absolute Gasteiger partial charge is 0.422 e. The van der Waals surface area contributed by atoms with Crippen molar-refractivity contribution in [3.8, 4) is 0 Å². The Hall–Kier alpha value is -2.29. The first-order valence-electron chi connectivity index (χ1n) is 6.55. The number of anilines is 2. The first-order chi connectivity index (χ1) is 10.1. The van der Waals surface area contributed by atoms with Crippen LogP contribution in [0.25, 0.3) is 11.2 Å². The van der Waals surface area contributed by atoms with Crippen molar-refractivity contribution in [1.82, 2.24) is 25.1 Å². The zero-order valence-electron chi connectivity index (χ0n) is 11.8. The number of nitrogen functional groups attached to an aromatic ring is 1. The van der Waals surface area contributed by atoms with Crippen LogP contribution < -0.4 is 11.1 Å². The van der Waals surface area contributed by atoms with Gasteiger partial charge in [0, 0.05) is 19.9 Å². The number of nitrogens with two attached hydrogens (primary N) is 1. The summed E-state index contributed by atoms with van der Waals surface area (Å²) in [5.41, 5.74) is 6.73. The highest BCUT2D eigenvalue weighted by molar-refractivity contribution is 7.15. The predicted octanol–water partition coefficient (Wildman–Crippen LogP) is 1.71. The lowest BCUT2D eigenvalue weighted by atomic mass is 10.3. The average molecular weight is 305 g/mol. The van der Waals surface area contributed by atoms with Crippen LogP contribution in [0.1, 0.15) is 23.1 Å². The Morgan fingerprint density at radius 1 is 1.19 bits per heavy atom. The number of fused-ring (bicyclic) bond motifs is 1. The van der Waals surface area contributed by atoms with Crippen LogP contribution in [0.4, 0.5) is 10.9 Å². The molecule has 0 aliphatic rings. The molecule has 0 saturated carbocycles. The number of rotatable bonds is 5. The molecule has 0 amide bonds. The van der Waals surface area contributed by atoms with Crippen molar-refractivity contribution >= 4 is 33.5 Å². The van der Waals surface area contributed by atoms with Crippen LogP contribution in [0.2, 0.25) is 0 Å². The average Bonchev–Trinajstić information content (AvgIpc) is 2.99. The van der Waals surface area contributed by atoms with E-state index in [4.69, 9.17) is 10.2 Å². The second kappa shape index (κ2) is 5.60. The molecule has 3 heterocycles. The summed E-state index contributed by atoms with van der Waals surface area (Å²) in [6.07, 6.45) is 1.73. The van der Waals surface area contributed by atoms with E-state index in [2.05, 4.69) is 30.5 Å². The Labute approximate surface area is 124 Å². The highest BCUT2D eigenvalue weighted by Crippen LogP contribution is 2.20. The highest BCUT2D eigenvalue weighted by Gasteiger charge is 2.11. The highest BCUT2D eigenvalue weighted by atomic mass is 32.1. The van der Waals surface area contributed by atoms with Crippen LogP contribution in [0.15, 0.2) is 4.42 Å². The lowest BCUT2D eigenvalue weighted by Crippen LogP contribution is -2.06. The smallest absolute Gasteiger partial charge is 0.252 e. The van der Waals surface area contributed by atoms with Crippen LogP contribution in [-0.2, 0) is 6.42 Å². The molecule has 0 aliphatic heterocycles. The Bertz CT molecular complexity index is 766. The summed E-state index contributed by atoms with van der Waals surface area (Å²) in [4.78, 5) is 12.9. The zero-order chi connectivity index (χ0) is 14.8. The van der Waals surface area contributed by atoms with E-state index in [-0.39, 0.29) is 0 Å². The van der Waals surface area contributed by atoms with Crippen molar-refractivity contribution in [2.45, 2.75) is 26.7 Å². The molecular formula is C12H15N7OS. The fourth-order valence-electron chi connectivity index (χ4n) is 1.97. The lowest BCUT2D eigenvalue weighted by Gasteiger charge is -2.05. The van der Waals surface area contributed by atoms with Gasteiger partial charge >= 0.3 is 0 Å². The van der Waals surface area contributed by atoms with Crippen LogP contribution in [-0.4, -0.2) is 31.7 Å². The third kappa shape index (κ3) is 3.07. The number of nitrogens with zero attached hydrogens (tertiary/aromatic N) is 5. The van der Waals surface area contributed by atoms with E-state index in [1.165, 1.54) is 11.3 Å². The van der Waals surface area contributed by atoms with E-state index in [9.17, 15) is 0 Å². The summed E-state index contributed by atoms with van der Waals surface area (Å²) in [6.45, 7) is 4.37. The molecular weight excluding hydrogens is 290 g/mol. The van der Waals surface area contributed by atoms with Gasteiger partial charge in [-0.1, -0.05) is 11.3 Å². The molecule has 3 aromatic heterocycles. The summed E-state index contributed by atoms with van der Waals surface area (Å²) in [6, 6.07) is 0. The first-order valence-corrected chi connectivity index (χ1v) is 7.37. The molecule has 0 unspecified atom stereocenters. The van der Waals surface area contributed by atoms with Gasteiger partial charge in [-0.3, -0.25) is 0 Å². The van der Waals surface area contributed by atoms with Crippen molar-refractivity contribution in [3.63, 3.8) is 0 Å². The minimum Gasteiger partial charge on any atom is -0.422 e. The monoisotopic (exact) mass is 305 g/mol. The van der Waals surface area contributed by atoms with E-state index in [1.54, 1.807) is 6.92 Å². The summed E-state index contributed by atoms with van der Waals surface area (Å²) in [5.74, 6) is 1.93. The summed E-state index contributed by atoms with van der Waals surface area (Å²) in [7, 11) is 0. The van der Waals surface area contributed by atoms with Gasteiger partial charge in [-0.05, 0) is 13.3 Å².